The van der Waals surface area contributed by atoms with Crippen LogP contribution in [0.3, 0.4) is 0 Å². The molecule has 3 saturated heterocycles. The van der Waals surface area contributed by atoms with Crippen molar-refractivity contribution in [2.45, 2.75) is 55.3 Å². The number of benzene rings is 2. The minimum absolute atomic E-state index is 0.0449. The van der Waals surface area contributed by atoms with Gasteiger partial charge in [0.1, 0.15) is 36.3 Å². The number of carbonyl (C=O) groups excluding carboxylic acids is 3. The Morgan fingerprint density at radius 2 is 1.86 bits per heavy atom. The average Bonchev–Trinajstić information content (AvgIpc) is 3.22. The van der Waals surface area contributed by atoms with Gasteiger partial charge in [0.2, 0.25) is 5.91 Å². The van der Waals surface area contributed by atoms with Crippen LogP contribution in [0.4, 0.5) is 9.59 Å². The molecule has 2 aromatic rings. The summed E-state index contributed by atoms with van der Waals surface area (Å²) < 4.78 is 17.1. The molecule has 2 aromatic carbocycles. The van der Waals surface area contributed by atoms with Crippen molar-refractivity contribution >= 4 is 18.0 Å². The molecule has 51 heavy (non-hydrogen) atoms. The Bertz CT molecular complexity index is 1710. The van der Waals surface area contributed by atoms with E-state index in [0.29, 0.717) is 39.0 Å². The molecule has 5 aliphatic rings. The Hall–Kier alpha value is -4.91. The number of hydrazine groups is 1. The fourth-order valence-electron chi connectivity index (χ4n) is 8.45. The van der Waals surface area contributed by atoms with Gasteiger partial charge in [0.25, 0.3) is 0 Å². The quantitative estimate of drug-likeness (QED) is 0.284. The lowest BCUT2D eigenvalue weighted by atomic mass is 9.68. The van der Waals surface area contributed by atoms with Crippen LogP contribution in [0.2, 0.25) is 0 Å². The smallest absolute Gasteiger partial charge is 0.407 e. The number of ether oxygens (including phenoxy) is 3. The largest absolute Gasteiger partial charge is 0.497 e. The van der Waals surface area contributed by atoms with E-state index < -0.39 is 17.8 Å². The maximum absolute atomic E-state index is 14.3. The molecule has 12 nitrogen and oxygen atoms in total. The molecule has 3 fully saturated rings. The number of alkyl carbamates (subject to hydrolysis) is 1. The Labute approximate surface area is 298 Å². The molecule has 12 heteroatoms. The molecule has 7 rings (SSSR count). The molecule has 0 aliphatic carbocycles. The highest BCUT2D eigenvalue weighted by atomic mass is 16.5. The number of nitrogens with one attached hydrogen (secondary N) is 2. The molecule has 0 saturated carbocycles. The average molecular weight is 695 g/mol. The van der Waals surface area contributed by atoms with Gasteiger partial charge >= 0.3 is 12.1 Å². The van der Waals surface area contributed by atoms with Crippen LogP contribution in [-0.4, -0.2) is 115 Å². The van der Waals surface area contributed by atoms with Crippen LogP contribution < -0.4 is 15.4 Å². The predicted octanol–water partition coefficient (Wildman–Crippen LogP) is 3.95. The van der Waals surface area contributed by atoms with Crippen LogP contribution >= 0.6 is 0 Å². The number of hydrogen-bond acceptors (Lipinski definition) is 8. The second kappa shape index (κ2) is 14.7. The van der Waals surface area contributed by atoms with Crippen molar-refractivity contribution < 1.29 is 28.6 Å². The number of nitrogens with zero attached hydrogens (tertiary/aromatic N) is 4. The predicted molar refractivity (Wildman–Crippen MR) is 191 cm³/mol. The summed E-state index contributed by atoms with van der Waals surface area (Å²) in [5.41, 5.74) is 2.69. The summed E-state index contributed by atoms with van der Waals surface area (Å²) in [5.74, 6) is 0.739. The summed E-state index contributed by atoms with van der Waals surface area (Å²) in [6.45, 7) is 5.57. The fraction of sp³-hybridized carbons (Fsp3) is 0.410. The number of hydrogen-bond donors (Lipinski definition) is 2. The van der Waals surface area contributed by atoms with Crippen LogP contribution in [0.25, 0.3) is 0 Å². The number of piperazine rings is 1. The number of allylic oxidation sites excluding steroid dienone is 3. The van der Waals surface area contributed by atoms with Crippen molar-refractivity contribution in [3.63, 3.8) is 0 Å². The molecular formula is C39H46N6O6. The molecule has 0 aromatic heterocycles. The first-order valence-electron chi connectivity index (χ1n) is 17.6. The number of urea groups is 1. The van der Waals surface area contributed by atoms with Crippen molar-refractivity contribution in [3.8, 4) is 5.75 Å². The third-order valence-corrected chi connectivity index (χ3v) is 10.7. The van der Waals surface area contributed by atoms with E-state index in [4.69, 9.17) is 14.2 Å². The van der Waals surface area contributed by atoms with Gasteiger partial charge in [-0.25, -0.2) is 19.6 Å². The molecule has 0 radical (unpaired) electrons. The summed E-state index contributed by atoms with van der Waals surface area (Å²) in [7, 11) is 3.41. The zero-order valence-electron chi connectivity index (χ0n) is 29.1. The SMILES string of the molecule is C=CCOC(=O)NCCC[C@@H]1N2C(=O)CN(C)N(C(=O)NCc3ccc(OC)cc3)[C@H]2CN2CC(c3ccccc3)C3=CC4OC(/C=C\C=C/3)C412. The topological polar surface area (TPSA) is 116 Å². The third-order valence-electron chi connectivity index (χ3n) is 10.7. The molecule has 2 N–H and O–H groups in total. The van der Waals surface area contributed by atoms with E-state index in [1.165, 1.54) is 11.6 Å². The van der Waals surface area contributed by atoms with Gasteiger partial charge in [0.05, 0.1) is 19.7 Å². The van der Waals surface area contributed by atoms with E-state index in [0.717, 1.165) is 16.9 Å². The highest BCUT2D eigenvalue weighted by Crippen LogP contribution is 2.53. The van der Waals surface area contributed by atoms with Gasteiger partial charge in [-0.3, -0.25) is 9.69 Å². The van der Waals surface area contributed by atoms with E-state index in [1.807, 2.05) is 41.3 Å². The fourth-order valence-corrected chi connectivity index (χ4v) is 8.45. The first-order valence-corrected chi connectivity index (χ1v) is 17.6. The summed E-state index contributed by atoms with van der Waals surface area (Å²) in [6.07, 6.45) is 11.6. The normalized spacial score (nSPS) is 29.4. The van der Waals surface area contributed by atoms with Crippen molar-refractivity contribution in [2.75, 3.05) is 46.9 Å². The second-order valence-electron chi connectivity index (χ2n) is 13.6. The zero-order valence-corrected chi connectivity index (χ0v) is 29.1. The summed E-state index contributed by atoms with van der Waals surface area (Å²) >= 11 is 0. The number of carbonyl (C=O) groups is 3. The first-order chi connectivity index (χ1) is 24.8. The minimum Gasteiger partial charge on any atom is -0.497 e. The number of likely N-dealkylation sites (N-methyl/N-ethyl adjacent to an activating group) is 1. The van der Waals surface area contributed by atoms with Gasteiger partial charge in [0.15, 0.2) is 0 Å². The van der Waals surface area contributed by atoms with Gasteiger partial charge in [-0.05, 0) is 47.8 Å². The first kappa shape index (κ1) is 34.5. The Balaban J connectivity index is 1.24. The lowest BCUT2D eigenvalue weighted by Crippen LogP contribution is -2.88. The van der Waals surface area contributed by atoms with E-state index in [1.54, 1.807) is 24.2 Å². The Morgan fingerprint density at radius 3 is 2.63 bits per heavy atom. The Morgan fingerprint density at radius 1 is 1.06 bits per heavy atom. The molecular weight excluding hydrogens is 648 g/mol. The van der Waals surface area contributed by atoms with Gasteiger partial charge in [-0.2, -0.15) is 0 Å². The molecule has 268 valence electrons. The van der Waals surface area contributed by atoms with Gasteiger partial charge in [-0.1, -0.05) is 79.4 Å². The highest BCUT2D eigenvalue weighted by Gasteiger charge is 2.69. The zero-order chi connectivity index (χ0) is 35.5. The highest BCUT2D eigenvalue weighted by molar-refractivity contribution is 5.83. The standard InChI is InChI=1S/C39H46N6O6/c1-4-21-50-38(48)40-20-10-14-32-39-33-15-9-8-13-29(22-34(39)51-33)31(28-11-6-5-7-12-28)24-43(39)25-35-44(32)36(46)26-42(2)45(35)37(47)41-23-27-16-18-30(49-3)19-17-27/h4-9,11-13,15-19,22,31-35H,1,10,14,20-21,23-26H2,2-3H3,(H,40,48)(H,41,47)/b13-8-,15-9-/t31?,32-,33?,34?,35-,39?/m0/s1. The number of fused-ring (bicyclic) bond motifs is 2. The van der Waals surface area contributed by atoms with E-state index in [-0.39, 0.29) is 49.3 Å². The van der Waals surface area contributed by atoms with E-state index >= 15 is 0 Å². The monoisotopic (exact) mass is 694 g/mol. The maximum Gasteiger partial charge on any atom is 0.407 e. The van der Waals surface area contributed by atoms with Crippen molar-refractivity contribution in [2.24, 2.45) is 0 Å². The maximum atomic E-state index is 14.3. The lowest BCUT2D eigenvalue weighted by molar-refractivity contribution is -0.285. The van der Waals surface area contributed by atoms with Gasteiger partial charge < -0.3 is 29.7 Å². The molecule has 6 atom stereocenters. The summed E-state index contributed by atoms with van der Waals surface area (Å²) in [6, 6.07) is 17.4. The van der Waals surface area contributed by atoms with Crippen molar-refractivity contribution in [3.05, 3.63) is 114 Å². The van der Waals surface area contributed by atoms with E-state index in [9.17, 15) is 14.4 Å². The van der Waals surface area contributed by atoms with Crippen LogP contribution in [0.1, 0.15) is 29.9 Å². The van der Waals surface area contributed by atoms with Crippen LogP contribution in [-0.2, 0) is 20.8 Å². The number of rotatable bonds is 10. The van der Waals surface area contributed by atoms with Crippen LogP contribution in [0.15, 0.2) is 103 Å². The van der Waals surface area contributed by atoms with Crippen LogP contribution in [0.5, 0.6) is 5.75 Å². The van der Waals surface area contributed by atoms with Crippen LogP contribution in [0, 0.1) is 0 Å². The van der Waals surface area contributed by atoms with Gasteiger partial charge in [0, 0.05) is 39.1 Å². The summed E-state index contributed by atoms with van der Waals surface area (Å²) in [4.78, 5) is 45.2. The van der Waals surface area contributed by atoms with Crippen molar-refractivity contribution in [1.29, 1.82) is 0 Å². The molecule has 1 spiro atoms. The molecule has 5 aliphatic heterocycles. The number of methoxy groups -OCH3 is 1. The molecule has 5 heterocycles. The minimum atomic E-state index is -0.589. The van der Waals surface area contributed by atoms with E-state index in [2.05, 4.69) is 70.7 Å². The van der Waals surface area contributed by atoms with Gasteiger partial charge in [-0.15, -0.1) is 0 Å². The van der Waals surface area contributed by atoms with Crippen molar-refractivity contribution in [1.82, 2.24) is 30.5 Å². The Kier molecular flexibility index (Phi) is 9.99. The lowest BCUT2D eigenvalue weighted by Gasteiger charge is -2.69. The second-order valence-corrected chi connectivity index (χ2v) is 13.6. The molecule has 4 unspecified atom stereocenters. The summed E-state index contributed by atoms with van der Waals surface area (Å²) in [5, 5.41) is 9.38. The molecule has 3 bridgehead atoms. The molecule has 4 amide bonds. The third kappa shape index (κ3) is 6.43. The number of amides is 4.